The van der Waals surface area contributed by atoms with E-state index in [1.807, 2.05) is 4.90 Å². The van der Waals surface area contributed by atoms with Gasteiger partial charge >= 0.3 is 0 Å². The van der Waals surface area contributed by atoms with Crippen molar-refractivity contribution in [2.24, 2.45) is 11.8 Å². The van der Waals surface area contributed by atoms with Crippen molar-refractivity contribution in [3.63, 3.8) is 0 Å². The Balaban J connectivity index is 1.70. The molecule has 2 N–H and O–H groups in total. The van der Waals surface area contributed by atoms with E-state index in [4.69, 9.17) is 4.74 Å². The normalized spacial score (nSPS) is 20.4. The summed E-state index contributed by atoms with van der Waals surface area (Å²) in [7, 11) is 0. The summed E-state index contributed by atoms with van der Waals surface area (Å²) in [4.78, 5) is 19.0. The topological polar surface area (TPSA) is 98.5 Å². The maximum absolute atomic E-state index is 13.2. The smallest absolute Gasteiger partial charge is 0.227 e. The number of rotatable bonds is 5. The summed E-state index contributed by atoms with van der Waals surface area (Å²) in [5.41, 5.74) is 1.19. The highest BCUT2D eigenvalue weighted by Gasteiger charge is 2.34. The molecule has 0 aromatic carbocycles. The van der Waals surface area contributed by atoms with Gasteiger partial charge in [0.25, 0.3) is 0 Å². The number of carbonyl (C=O) groups excluding carboxylic acids is 1. The maximum atomic E-state index is 13.2. The third-order valence-corrected chi connectivity index (χ3v) is 5.38. The molecule has 7 nitrogen and oxygen atoms in total. The van der Waals surface area contributed by atoms with E-state index in [0.29, 0.717) is 56.9 Å². The van der Waals surface area contributed by atoms with Gasteiger partial charge in [-0.1, -0.05) is 0 Å². The lowest BCUT2D eigenvalue weighted by Crippen LogP contribution is -2.47. The molecule has 1 amide bonds. The fourth-order valence-electron chi connectivity index (χ4n) is 3.75. The number of aliphatic hydroxyl groups is 1. The van der Waals surface area contributed by atoms with Gasteiger partial charge in [-0.05, 0) is 37.7 Å². The van der Waals surface area contributed by atoms with Crippen molar-refractivity contribution in [2.75, 3.05) is 38.2 Å². The van der Waals surface area contributed by atoms with E-state index in [2.05, 4.69) is 16.4 Å². The van der Waals surface area contributed by atoms with E-state index in [1.54, 1.807) is 12.3 Å². The summed E-state index contributed by atoms with van der Waals surface area (Å²) in [5, 5.41) is 22.2. The number of aromatic nitrogens is 1. The molecule has 7 heteroatoms. The number of anilines is 1. The van der Waals surface area contributed by atoms with Gasteiger partial charge in [0.15, 0.2) is 0 Å². The zero-order chi connectivity index (χ0) is 18.4. The Morgan fingerprint density at radius 1 is 1.38 bits per heavy atom. The monoisotopic (exact) mass is 358 g/mol. The molecule has 1 aromatic rings. The Bertz CT molecular complexity index is 646. The number of aliphatic hydroxyl groups excluding tert-OH is 1. The van der Waals surface area contributed by atoms with Crippen molar-refractivity contribution in [2.45, 2.75) is 31.8 Å². The van der Waals surface area contributed by atoms with Crippen molar-refractivity contribution in [1.82, 2.24) is 9.88 Å². The number of ether oxygens (including phenoxy) is 1. The van der Waals surface area contributed by atoms with E-state index in [-0.39, 0.29) is 23.8 Å². The van der Waals surface area contributed by atoms with Crippen LogP contribution in [-0.2, 0) is 9.53 Å². The van der Waals surface area contributed by atoms with Crippen LogP contribution in [0, 0.1) is 23.2 Å². The van der Waals surface area contributed by atoms with Crippen LogP contribution in [0.1, 0.15) is 31.2 Å². The van der Waals surface area contributed by atoms with E-state index < -0.39 is 0 Å². The molecule has 3 rings (SSSR count). The fraction of sp³-hybridized carbons (Fsp3) is 0.632. The Hall–Kier alpha value is -2.17. The van der Waals surface area contributed by atoms with Gasteiger partial charge in [-0.15, -0.1) is 0 Å². The van der Waals surface area contributed by atoms with Gasteiger partial charge in [-0.3, -0.25) is 9.78 Å². The molecular formula is C19H26N4O3. The molecule has 3 heterocycles. The minimum atomic E-state index is -0.297. The average Bonchev–Trinajstić information content (AvgIpc) is 2.69. The summed E-state index contributed by atoms with van der Waals surface area (Å²) < 4.78 is 5.46. The molecule has 2 aliphatic rings. The highest BCUT2D eigenvalue weighted by molar-refractivity contribution is 5.80. The van der Waals surface area contributed by atoms with Crippen molar-refractivity contribution in [1.29, 1.82) is 5.26 Å². The number of hydrogen-bond acceptors (Lipinski definition) is 6. The minimum absolute atomic E-state index is 0.142. The first kappa shape index (κ1) is 18.6. The highest BCUT2D eigenvalue weighted by atomic mass is 16.5. The molecular weight excluding hydrogens is 332 g/mol. The number of pyridine rings is 1. The number of hydrogen-bond donors (Lipinski definition) is 2. The lowest BCUT2D eigenvalue weighted by atomic mass is 9.84. The molecule has 0 radical (unpaired) electrons. The Labute approximate surface area is 154 Å². The first-order chi connectivity index (χ1) is 12.7. The van der Waals surface area contributed by atoms with Crippen LogP contribution in [0.3, 0.4) is 0 Å². The highest BCUT2D eigenvalue weighted by Crippen LogP contribution is 2.27. The third kappa shape index (κ3) is 4.51. The van der Waals surface area contributed by atoms with E-state index in [1.165, 1.54) is 6.20 Å². The molecule has 2 aliphatic heterocycles. The fourth-order valence-corrected chi connectivity index (χ4v) is 3.75. The summed E-state index contributed by atoms with van der Waals surface area (Å²) in [6.07, 6.45) is 5.89. The van der Waals surface area contributed by atoms with Crippen LogP contribution in [0.4, 0.5) is 5.69 Å². The van der Waals surface area contributed by atoms with Gasteiger partial charge < -0.3 is 20.1 Å². The second kappa shape index (κ2) is 8.97. The van der Waals surface area contributed by atoms with Crippen molar-refractivity contribution >= 4 is 11.6 Å². The maximum Gasteiger partial charge on any atom is 0.227 e. The minimum Gasteiger partial charge on any atom is -0.393 e. The molecule has 2 fully saturated rings. The number of likely N-dealkylation sites (tertiary alicyclic amines) is 1. The predicted molar refractivity (Wildman–Crippen MR) is 96.3 cm³/mol. The number of nitrogens with zero attached hydrogens (tertiary/aromatic N) is 3. The second-order valence-electron chi connectivity index (χ2n) is 7.03. The van der Waals surface area contributed by atoms with E-state index >= 15 is 0 Å². The molecule has 0 aliphatic carbocycles. The van der Waals surface area contributed by atoms with Gasteiger partial charge in [0.1, 0.15) is 6.07 Å². The summed E-state index contributed by atoms with van der Waals surface area (Å²) >= 11 is 0. The zero-order valence-electron chi connectivity index (χ0n) is 14.9. The third-order valence-electron chi connectivity index (χ3n) is 5.38. The van der Waals surface area contributed by atoms with Crippen LogP contribution < -0.4 is 5.32 Å². The lowest BCUT2D eigenvalue weighted by Gasteiger charge is -2.36. The summed E-state index contributed by atoms with van der Waals surface area (Å²) in [6, 6.07) is 3.89. The molecule has 140 valence electrons. The van der Waals surface area contributed by atoms with Gasteiger partial charge in [-0.2, -0.15) is 5.26 Å². The Morgan fingerprint density at radius 2 is 2.12 bits per heavy atom. The molecule has 1 atom stereocenters. The molecule has 0 saturated carbocycles. The number of nitrogens with one attached hydrogen (secondary N) is 1. The van der Waals surface area contributed by atoms with E-state index in [0.717, 1.165) is 12.8 Å². The first-order valence-electron chi connectivity index (χ1n) is 9.31. The zero-order valence-corrected chi connectivity index (χ0v) is 14.9. The van der Waals surface area contributed by atoms with Gasteiger partial charge in [0.2, 0.25) is 5.91 Å². The summed E-state index contributed by atoms with van der Waals surface area (Å²) in [5.74, 6) is 0.251. The van der Waals surface area contributed by atoms with Gasteiger partial charge in [0.05, 0.1) is 23.3 Å². The average molecular weight is 358 g/mol. The van der Waals surface area contributed by atoms with Crippen LogP contribution in [0.25, 0.3) is 0 Å². The number of carbonyl (C=O) groups is 1. The number of piperidine rings is 1. The standard InChI is InChI=1S/C19H26N4O3/c20-11-15-12-21-6-1-18(15)22-13-17(14-4-9-26-10-5-14)19(25)23-7-2-16(24)3-8-23/h1,6,12,14,16-17,24H,2-5,7-10,13H2,(H,21,22). The number of nitriles is 1. The molecule has 0 bridgehead atoms. The van der Waals surface area contributed by atoms with Crippen LogP contribution in [0.15, 0.2) is 18.5 Å². The van der Waals surface area contributed by atoms with Gasteiger partial charge in [0, 0.05) is 45.2 Å². The van der Waals surface area contributed by atoms with E-state index in [9.17, 15) is 15.2 Å². The van der Waals surface area contributed by atoms with Crippen molar-refractivity contribution in [3.8, 4) is 6.07 Å². The Kier molecular flexibility index (Phi) is 6.42. The quantitative estimate of drug-likeness (QED) is 0.825. The summed E-state index contributed by atoms with van der Waals surface area (Å²) in [6.45, 7) is 3.08. The molecule has 0 spiro atoms. The molecule has 1 unspecified atom stereocenters. The number of amides is 1. The molecule has 26 heavy (non-hydrogen) atoms. The van der Waals surface area contributed by atoms with Crippen LogP contribution in [0.2, 0.25) is 0 Å². The molecule has 2 saturated heterocycles. The Morgan fingerprint density at radius 3 is 2.81 bits per heavy atom. The van der Waals surface area contributed by atoms with Crippen molar-refractivity contribution in [3.05, 3.63) is 24.0 Å². The van der Waals surface area contributed by atoms with Crippen LogP contribution in [-0.4, -0.2) is 59.8 Å². The predicted octanol–water partition coefficient (Wildman–Crippen LogP) is 1.39. The molecule has 1 aromatic heterocycles. The van der Waals surface area contributed by atoms with Crippen LogP contribution in [0.5, 0.6) is 0 Å². The van der Waals surface area contributed by atoms with Gasteiger partial charge in [-0.25, -0.2) is 0 Å². The first-order valence-corrected chi connectivity index (χ1v) is 9.31. The second-order valence-corrected chi connectivity index (χ2v) is 7.03. The SMILES string of the molecule is N#Cc1cnccc1NCC(C(=O)N1CCC(O)CC1)C1CCOCC1. The van der Waals surface area contributed by atoms with Crippen molar-refractivity contribution < 1.29 is 14.6 Å². The van der Waals surface area contributed by atoms with Crippen LogP contribution >= 0.6 is 0 Å². The lowest BCUT2D eigenvalue weighted by molar-refractivity contribution is -0.140. The largest absolute Gasteiger partial charge is 0.393 e.